The zero-order valence-corrected chi connectivity index (χ0v) is 14.4. The maximum atomic E-state index is 12.3. The molecular weight excluding hydrogens is 346 g/mol. The Labute approximate surface area is 155 Å². The number of nitrogens with one attached hydrogen (secondary N) is 1. The van der Waals surface area contributed by atoms with Crippen molar-refractivity contribution in [2.24, 2.45) is 0 Å². The van der Waals surface area contributed by atoms with Gasteiger partial charge in [-0.3, -0.25) is 9.59 Å². The average molecular weight is 363 g/mol. The number of carbonyl (C=O) groups is 1. The molecule has 1 aliphatic heterocycles. The van der Waals surface area contributed by atoms with E-state index in [-0.39, 0.29) is 24.8 Å². The van der Waals surface area contributed by atoms with Crippen LogP contribution in [-0.2, 0) is 17.9 Å². The van der Waals surface area contributed by atoms with E-state index in [2.05, 4.69) is 10.3 Å². The predicted molar refractivity (Wildman–Crippen MR) is 98.3 cm³/mol. The SMILES string of the molecule is O=C(Cn1cc(-c2ccccc2)ncc1=O)NCc1ccc2c(c1)OCO2. The fourth-order valence-corrected chi connectivity index (χ4v) is 2.79. The van der Waals surface area contributed by atoms with E-state index in [9.17, 15) is 9.59 Å². The number of nitrogens with zero attached hydrogens (tertiary/aromatic N) is 2. The van der Waals surface area contributed by atoms with Crippen LogP contribution in [0.25, 0.3) is 11.3 Å². The molecule has 0 saturated heterocycles. The van der Waals surface area contributed by atoms with Gasteiger partial charge < -0.3 is 19.4 Å². The minimum atomic E-state index is -0.326. The van der Waals surface area contributed by atoms with Crippen LogP contribution in [0.2, 0.25) is 0 Å². The van der Waals surface area contributed by atoms with Gasteiger partial charge >= 0.3 is 0 Å². The number of fused-ring (bicyclic) bond motifs is 1. The molecule has 0 spiro atoms. The van der Waals surface area contributed by atoms with Crippen LogP contribution in [0.15, 0.2) is 65.7 Å². The molecule has 1 aliphatic rings. The standard InChI is InChI=1S/C20H17N3O4/c24-19(22-9-14-6-7-17-18(8-14)27-13-26-17)12-23-11-16(21-10-20(23)25)15-4-2-1-3-5-15/h1-8,10-11H,9,12-13H2,(H,22,24). The number of ether oxygens (including phenoxy) is 2. The summed E-state index contributed by atoms with van der Waals surface area (Å²) in [6.45, 7) is 0.465. The highest BCUT2D eigenvalue weighted by atomic mass is 16.7. The fourth-order valence-electron chi connectivity index (χ4n) is 2.79. The van der Waals surface area contributed by atoms with Crippen LogP contribution >= 0.6 is 0 Å². The number of rotatable bonds is 5. The Morgan fingerprint density at radius 2 is 1.93 bits per heavy atom. The second-order valence-corrected chi connectivity index (χ2v) is 6.07. The Hall–Kier alpha value is -3.61. The molecule has 136 valence electrons. The number of hydrogen-bond donors (Lipinski definition) is 1. The molecule has 0 bridgehead atoms. The third kappa shape index (κ3) is 3.82. The first-order valence-corrected chi connectivity index (χ1v) is 8.46. The van der Waals surface area contributed by atoms with Gasteiger partial charge in [-0.1, -0.05) is 36.4 Å². The van der Waals surface area contributed by atoms with Gasteiger partial charge in [-0.05, 0) is 17.7 Å². The number of carbonyl (C=O) groups excluding carboxylic acids is 1. The van der Waals surface area contributed by atoms with Gasteiger partial charge in [-0.2, -0.15) is 0 Å². The van der Waals surface area contributed by atoms with Crippen LogP contribution in [-0.4, -0.2) is 22.3 Å². The first-order valence-electron chi connectivity index (χ1n) is 8.46. The molecule has 0 atom stereocenters. The maximum absolute atomic E-state index is 12.3. The highest BCUT2D eigenvalue weighted by molar-refractivity contribution is 5.75. The Bertz CT molecular complexity index is 1030. The Balaban J connectivity index is 1.43. The van der Waals surface area contributed by atoms with Gasteiger partial charge in [0, 0.05) is 18.3 Å². The van der Waals surface area contributed by atoms with E-state index in [4.69, 9.17) is 9.47 Å². The highest BCUT2D eigenvalue weighted by Gasteiger charge is 2.13. The van der Waals surface area contributed by atoms with Crippen molar-refractivity contribution in [3.63, 3.8) is 0 Å². The molecule has 2 heterocycles. The minimum Gasteiger partial charge on any atom is -0.454 e. The summed E-state index contributed by atoms with van der Waals surface area (Å²) in [7, 11) is 0. The minimum absolute atomic E-state index is 0.0776. The number of amides is 1. The van der Waals surface area contributed by atoms with Gasteiger partial charge in [0.05, 0.1) is 11.9 Å². The summed E-state index contributed by atoms with van der Waals surface area (Å²) in [5.74, 6) is 1.10. The van der Waals surface area contributed by atoms with E-state index in [1.165, 1.54) is 10.8 Å². The van der Waals surface area contributed by atoms with E-state index < -0.39 is 0 Å². The lowest BCUT2D eigenvalue weighted by atomic mass is 10.2. The molecule has 0 radical (unpaired) electrons. The summed E-state index contributed by atoms with van der Waals surface area (Å²) < 4.78 is 11.9. The van der Waals surface area contributed by atoms with Crippen molar-refractivity contribution in [1.29, 1.82) is 0 Å². The summed E-state index contributed by atoms with van der Waals surface area (Å²) in [6.07, 6.45) is 2.82. The second kappa shape index (κ2) is 7.33. The Morgan fingerprint density at radius 3 is 2.78 bits per heavy atom. The van der Waals surface area contributed by atoms with Crippen molar-refractivity contribution < 1.29 is 14.3 Å². The highest BCUT2D eigenvalue weighted by Crippen LogP contribution is 2.32. The zero-order chi connectivity index (χ0) is 18.6. The van der Waals surface area contributed by atoms with E-state index >= 15 is 0 Å². The van der Waals surface area contributed by atoms with Crippen molar-refractivity contribution in [3.8, 4) is 22.8 Å². The summed E-state index contributed by atoms with van der Waals surface area (Å²) in [5, 5.41) is 2.81. The van der Waals surface area contributed by atoms with Crippen LogP contribution in [0.3, 0.4) is 0 Å². The molecule has 27 heavy (non-hydrogen) atoms. The number of benzene rings is 2. The number of hydrogen-bond acceptors (Lipinski definition) is 5. The van der Waals surface area contributed by atoms with Crippen molar-refractivity contribution in [2.75, 3.05) is 6.79 Å². The molecule has 0 saturated carbocycles. The lowest BCUT2D eigenvalue weighted by molar-refractivity contribution is -0.121. The Morgan fingerprint density at radius 1 is 1.11 bits per heavy atom. The maximum Gasteiger partial charge on any atom is 0.269 e. The molecule has 7 heteroatoms. The molecule has 1 amide bonds. The molecule has 0 fully saturated rings. The van der Waals surface area contributed by atoms with Crippen molar-refractivity contribution >= 4 is 5.91 Å². The molecular formula is C20H17N3O4. The average Bonchev–Trinajstić information content (AvgIpc) is 3.16. The molecule has 4 rings (SSSR count). The van der Waals surface area contributed by atoms with Crippen LogP contribution < -0.4 is 20.3 Å². The number of aromatic nitrogens is 2. The quantitative estimate of drug-likeness (QED) is 0.749. The summed E-state index contributed by atoms with van der Waals surface area (Å²) in [4.78, 5) is 28.5. The zero-order valence-electron chi connectivity index (χ0n) is 14.4. The summed E-state index contributed by atoms with van der Waals surface area (Å²) in [5.41, 5.74) is 2.08. The smallest absolute Gasteiger partial charge is 0.269 e. The van der Waals surface area contributed by atoms with E-state index in [1.807, 2.05) is 48.5 Å². The van der Waals surface area contributed by atoms with Gasteiger partial charge in [0.15, 0.2) is 11.5 Å². The predicted octanol–water partition coefficient (Wildman–Crippen LogP) is 1.96. The lowest BCUT2D eigenvalue weighted by Crippen LogP contribution is -2.31. The van der Waals surface area contributed by atoms with Crippen molar-refractivity contribution in [2.45, 2.75) is 13.1 Å². The molecule has 7 nitrogen and oxygen atoms in total. The molecule has 3 aromatic rings. The van der Waals surface area contributed by atoms with Crippen LogP contribution in [0, 0.1) is 0 Å². The van der Waals surface area contributed by atoms with Crippen molar-refractivity contribution in [3.05, 3.63) is 76.8 Å². The Kier molecular flexibility index (Phi) is 4.57. The molecule has 0 unspecified atom stereocenters. The summed E-state index contributed by atoms with van der Waals surface area (Å²) >= 11 is 0. The third-order valence-electron chi connectivity index (χ3n) is 4.19. The second-order valence-electron chi connectivity index (χ2n) is 6.07. The molecule has 1 N–H and O–H groups in total. The molecule has 2 aromatic carbocycles. The van der Waals surface area contributed by atoms with Gasteiger partial charge in [0.2, 0.25) is 12.7 Å². The largest absolute Gasteiger partial charge is 0.454 e. The lowest BCUT2D eigenvalue weighted by Gasteiger charge is -2.09. The van der Waals surface area contributed by atoms with Crippen LogP contribution in [0.5, 0.6) is 11.5 Å². The molecule has 1 aromatic heterocycles. The van der Waals surface area contributed by atoms with Crippen molar-refractivity contribution in [1.82, 2.24) is 14.9 Å². The topological polar surface area (TPSA) is 82.5 Å². The first kappa shape index (κ1) is 16.8. The normalized spacial score (nSPS) is 12.0. The fraction of sp³-hybridized carbons (Fsp3) is 0.150. The van der Waals surface area contributed by atoms with Gasteiger partial charge in [0.1, 0.15) is 6.54 Å². The third-order valence-corrected chi connectivity index (χ3v) is 4.19. The van der Waals surface area contributed by atoms with Gasteiger partial charge in [-0.25, -0.2) is 4.98 Å². The van der Waals surface area contributed by atoms with Gasteiger partial charge in [-0.15, -0.1) is 0 Å². The van der Waals surface area contributed by atoms with E-state index in [0.717, 1.165) is 11.1 Å². The monoisotopic (exact) mass is 363 g/mol. The van der Waals surface area contributed by atoms with E-state index in [0.29, 0.717) is 23.7 Å². The summed E-state index contributed by atoms with van der Waals surface area (Å²) in [6, 6.07) is 15.0. The first-order chi connectivity index (χ1) is 13.2. The van der Waals surface area contributed by atoms with Gasteiger partial charge in [0.25, 0.3) is 5.56 Å². The van der Waals surface area contributed by atoms with E-state index in [1.54, 1.807) is 6.20 Å². The molecule has 0 aliphatic carbocycles. The van der Waals surface area contributed by atoms with Crippen LogP contribution in [0.1, 0.15) is 5.56 Å². The van der Waals surface area contributed by atoms with Crippen LogP contribution in [0.4, 0.5) is 0 Å².